The monoisotopic (exact) mass is 443 g/mol. The summed E-state index contributed by atoms with van der Waals surface area (Å²) in [4.78, 5) is 29.7. The number of nitrogens with zero attached hydrogens (tertiary/aromatic N) is 3. The second kappa shape index (κ2) is 8.91. The molecule has 0 bridgehead atoms. The molecular formula is C22H26FN5O4. The molecule has 2 amide bonds. The summed E-state index contributed by atoms with van der Waals surface area (Å²) in [5.74, 6) is -0.801. The van der Waals surface area contributed by atoms with Crippen molar-refractivity contribution < 1.29 is 23.6 Å². The van der Waals surface area contributed by atoms with Gasteiger partial charge in [0, 0.05) is 18.4 Å². The number of hydrogen-bond acceptors (Lipinski definition) is 6. The minimum atomic E-state index is -1.53. The highest BCUT2D eigenvalue weighted by atomic mass is 19.1. The summed E-state index contributed by atoms with van der Waals surface area (Å²) in [6.07, 6.45) is -1.53. The standard InChI is InChI=1S/C22H26FN5O4/c1-10-9-15(7-8-16(10)23)26-20(30)17-11(2)18(28(6)13(17)4)19(29)21(31)24-12(3)22-25-14(5)27-32-22/h7-9,12,19,29H,1-6H3,(H,24,31)(H,26,30)/t12-,19?/m0/s1. The molecule has 0 saturated carbocycles. The number of rotatable bonds is 6. The Morgan fingerprint density at radius 2 is 1.91 bits per heavy atom. The summed E-state index contributed by atoms with van der Waals surface area (Å²) >= 11 is 0. The van der Waals surface area contributed by atoms with E-state index in [1.165, 1.54) is 18.2 Å². The van der Waals surface area contributed by atoms with E-state index < -0.39 is 24.0 Å². The molecule has 0 fully saturated rings. The zero-order valence-corrected chi connectivity index (χ0v) is 18.8. The zero-order valence-electron chi connectivity index (χ0n) is 18.8. The first-order valence-corrected chi connectivity index (χ1v) is 10.0. The van der Waals surface area contributed by atoms with Gasteiger partial charge in [-0.2, -0.15) is 4.98 Å². The Morgan fingerprint density at radius 3 is 2.50 bits per heavy atom. The summed E-state index contributed by atoms with van der Waals surface area (Å²) in [6, 6.07) is 3.67. The molecule has 3 rings (SSSR count). The number of nitrogens with one attached hydrogen (secondary N) is 2. The van der Waals surface area contributed by atoms with Crippen LogP contribution < -0.4 is 10.6 Å². The number of benzene rings is 1. The number of anilines is 1. The van der Waals surface area contributed by atoms with E-state index in [1.54, 1.807) is 46.2 Å². The lowest BCUT2D eigenvalue weighted by atomic mass is 10.1. The third kappa shape index (κ3) is 4.40. The zero-order chi connectivity index (χ0) is 23.7. The van der Waals surface area contributed by atoms with E-state index >= 15 is 0 Å². The molecule has 3 N–H and O–H groups in total. The third-order valence-electron chi connectivity index (χ3n) is 5.41. The fourth-order valence-electron chi connectivity index (χ4n) is 3.61. The smallest absolute Gasteiger partial charge is 0.257 e. The topological polar surface area (TPSA) is 122 Å². The average Bonchev–Trinajstić information content (AvgIpc) is 3.25. The van der Waals surface area contributed by atoms with Crippen molar-refractivity contribution in [1.82, 2.24) is 20.0 Å². The van der Waals surface area contributed by atoms with Gasteiger partial charge in [-0.15, -0.1) is 0 Å². The first-order valence-electron chi connectivity index (χ1n) is 10.0. The predicted octanol–water partition coefficient (Wildman–Crippen LogP) is 2.94. The summed E-state index contributed by atoms with van der Waals surface area (Å²) < 4.78 is 20.2. The molecule has 9 nitrogen and oxygen atoms in total. The van der Waals surface area contributed by atoms with Crippen LogP contribution in [-0.2, 0) is 11.8 Å². The Kier molecular flexibility index (Phi) is 6.45. The quantitative estimate of drug-likeness (QED) is 0.538. The molecule has 10 heteroatoms. The van der Waals surface area contributed by atoms with E-state index in [0.29, 0.717) is 33.9 Å². The number of aliphatic hydroxyl groups is 1. The van der Waals surface area contributed by atoms with E-state index in [-0.39, 0.29) is 17.4 Å². The number of halogens is 1. The van der Waals surface area contributed by atoms with Crippen molar-refractivity contribution in [3.8, 4) is 0 Å². The number of hydrogen-bond donors (Lipinski definition) is 3. The summed E-state index contributed by atoms with van der Waals surface area (Å²) in [5, 5.41) is 19.8. The van der Waals surface area contributed by atoms with Crippen LogP contribution in [0.15, 0.2) is 22.7 Å². The highest BCUT2D eigenvalue weighted by molar-refractivity contribution is 6.06. The van der Waals surface area contributed by atoms with Crippen LogP contribution >= 0.6 is 0 Å². The van der Waals surface area contributed by atoms with Crippen molar-refractivity contribution in [3.05, 3.63) is 63.8 Å². The Balaban J connectivity index is 1.83. The van der Waals surface area contributed by atoms with Crippen LogP contribution in [-0.4, -0.2) is 31.6 Å². The summed E-state index contributed by atoms with van der Waals surface area (Å²) in [5.41, 5.74) is 2.50. The molecule has 0 aliphatic rings. The number of aromatic nitrogens is 3. The molecule has 0 aliphatic heterocycles. The van der Waals surface area contributed by atoms with Crippen LogP contribution in [0.3, 0.4) is 0 Å². The maximum Gasteiger partial charge on any atom is 0.257 e. The number of aliphatic hydroxyl groups excluding tert-OH is 1. The Morgan fingerprint density at radius 1 is 1.22 bits per heavy atom. The van der Waals surface area contributed by atoms with E-state index in [9.17, 15) is 19.1 Å². The van der Waals surface area contributed by atoms with Gasteiger partial charge in [0.1, 0.15) is 11.9 Å². The minimum absolute atomic E-state index is 0.220. The molecule has 1 unspecified atom stereocenters. The molecule has 1 aromatic carbocycles. The first-order chi connectivity index (χ1) is 15.0. The van der Waals surface area contributed by atoms with Crippen molar-refractivity contribution in [2.75, 3.05) is 5.32 Å². The van der Waals surface area contributed by atoms with Crippen molar-refractivity contribution in [1.29, 1.82) is 0 Å². The number of amides is 2. The normalized spacial score (nSPS) is 13.0. The summed E-state index contributed by atoms with van der Waals surface area (Å²) in [7, 11) is 1.66. The second-order valence-electron chi connectivity index (χ2n) is 7.76. The molecular weight excluding hydrogens is 417 g/mol. The van der Waals surface area contributed by atoms with E-state index in [2.05, 4.69) is 20.8 Å². The van der Waals surface area contributed by atoms with Gasteiger partial charge < -0.3 is 24.8 Å². The number of carbonyl (C=O) groups excluding carboxylic acids is 2. The Labute approximate surface area is 184 Å². The molecule has 2 atom stereocenters. The van der Waals surface area contributed by atoms with Crippen LogP contribution in [0.2, 0.25) is 0 Å². The predicted molar refractivity (Wildman–Crippen MR) is 115 cm³/mol. The lowest BCUT2D eigenvalue weighted by Crippen LogP contribution is -2.33. The largest absolute Gasteiger partial charge is 0.377 e. The highest BCUT2D eigenvalue weighted by Gasteiger charge is 2.30. The van der Waals surface area contributed by atoms with Crippen LogP contribution in [0.4, 0.5) is 10.1 Å². The lowest BCUT2D eigenvalue weighted by Gasteiger charge is -2.16. The van der Waals surface area contributed by atoms with Gasteiger partial charge in [-0.05, 0) is 63.9 Å². The van der Waals surface area contributed by atoms with Gasteiger partial charge in [0.25, 0.3) is 11.8 Å². The van der Waals surface area contributed by atoms with Crippen LogP contribution in [0.25, 0.3) is 0 Å². The van der Waals surface area contributed by atoms with E-state index in [1.807, 2.05) is 0 Å². The van der Waals surface area contributed by atoms with Gasteiger partial charge in [-0.25, -0.2) is 4.39 Å². The maximum absolute atomic E-state index is 13.5. The van der Waals surface area contributed by atoms with Gasteiger partial charge in [0.05, 0.1) is 11.3 Å². The van der Waals surface area contributed by atoms with Crippen LogP contribution in [0.1, 0.15) is 63.7 Å². The molecule has 0 saturated heterocycles. The fourth-order valence-corrected chi connectivity index (χ4v) is 3.61. The van der Waals surface area contributed by atoms with Crippen molar-refractivity contribution in [2.45, 2.75) is 46.8 Å². The SMILES string of the molecule is Cc1noc([C@H](C)NC(=O)C(O)c2c(C)c(C(=O)Nc3ccc(F)c(C)c3)c(C)n2C)n1. The average molecular weight is 443 g/mol. The molecule has 0 spiro atoms. The lowest BCUT2D eigenvalue weighted by molar-refractivity contribution is -0.130. The van der Waals surface area contributed by atoms with E-state index in [4.69, 9.17) is 4.52 Å². The fraction of sp³-hybridized carbons (Fsp3) is 0.364. The minimum Gasteiger partial charge on any atom is -0.377 e. The highest BCUT2D eigenvalue weighted by Crippen LogP contribution is 2.28. The second-order valence-corrected chi connectivity index (χ2v) is 7.76. The van der Waals surface area contributed by atoms with Crippen LogP contribution in [0.5, 0.6) is 0 Å². The summed E-state index contributed by atoms with van der Waals surface area (Å²) in [6.45, 7) is 8.30. The van der Waals surface area contributed by atoms with Gasteiger partial charge in [-0.3, -0.25) is 9.59 Å². The molecule has 0 aliphatic carbocycles. The van der Waals surface area contributed by atoms with Gasteiger partial charge >= 0.3 is 0 Å². The Hall–Kier alpha value is -3.53. The molecule has 2 aromatic heterocycles. The van der Waals surface area contributed by atoms with Crippen molar-refractivity contribution in [2.24, 2.45) is 7.05 Å². The molecule has 170 valence electrons. The van der Waals surface area contributed by atoms with Gasteiger partial charge in [0.15, 0.2) is 11.9 Å². The van der Waals surface area contributed by atoms with Crippen molar-refractivity contribution >= 4 is 17.5 Å². The van der Waals surface area contributed by atoms with E-state index in [0.717, 1.165) is 0 Å². The molecule has 2 heterocycles. The van der Waals surface area contributed by atoms with Gasteiger partial charge in [-0.1, -0.05) is 5.16 Å². The van der Waals surface area contributed by atoms with Gasteiger partial charge in [0.2, 0.25) is 5.89 Å². The maximum atomic E-state index is 13.5. The molecule has 0 radical (unpaired) electrons. The third-order valence-corrected chi connectivity index (χ3v) is 5.41. The number of carbonyl (C=O) groups is 2. The Bertz CT molecular complexity index is 1180. The number of aryl methyl sites for hydroxylation is 2. The first kappa shape index (κ1) is 23.1. The van der Waals surface area contributed by atoms with Crippen molar-refractivity contribution in [3.63, 3.8) is 0 Å². The molecule has 32 heavy (non-hydrogen) atoms. The molecule has 3 aromatic rings. The van der Waals surface area contributed by atoms with Crippen LogP contribution in [0, 0.1) is 33.5 Å².